The van der Waals surface area contributed by atoms with Crippen LogP contribution in [0.1, 0.15) is 37.2 Å². The van der Waals surface area contributed by atoms with E-state index >= 15 is 0 Å². The lowest BCUT2D eigenvalue weighted by Gasteiger charge is -2.44. The molecule has 3 amide bonds. The van der Waals surface area contributed by atoms with Crippen LogP contribution >= 0.6 is 0 Å². The topological polar surface area (TPSA) is 92.1 Å². The lowest BCUT2D eigenvalue weighted by Crippen LogP contribution is -2.55. The smallest absolute Gasteiger partial charge is 0.410 e. The SMILES string of the molecule is CC1(C)COC(=O)N(C2CCN(C(=O)CNC(=O)c3ccco3)CC2)C1. The van der Waals surface area contributed by atoms with Crippen LogP contribution in [0.4, 0.5) is 4.79 Å². The van der Waals surface area contributed by atoms with Gasteiger partial charge in [0.15, 0.2) is 5.76 Å². The Hall–Kier alpha value is -2.51. The third-order valence-corrected chi connectivity index (χ3v) is 4.82. The molecule has 1 aromatic heterocycles. The van der Waals surface area contributed by atoms with Gasteiger partial charge in [-0.1, -0.05) is 13.8 Å². The summed E-state index contributed by atoms with van der Waals surface area (Å²) in [5, 5.41) is 2.57. The van der Waals surface area contributed by atoms with E-state index in [0.29, 0.717) is 39.1 Å². The molecule has 0 atom stereocenters. The largest absolute Gasteiger partial charge is 0.459 e. The molecule has 8 nitrogen and oxygen atoms in total. The molecule has 2 saturated heterocycles. The lowest BCUT2D eigenvalue weighted by molar-refractivity contribution is -0.131. The first-order valence-corrected chi connectivity index (χ1v) is 8.89. The first kappa shape index (κ1) is 18.3. The zero-order valence-electron chi connectivity index (χ0n) is 15.2. The van der Waals surface area contributed by atoms with Crippen LogP contribution in [0.15, 0.2) is 22.8 Å². The Balaban J connectivity index is 1.46. The van der Waals surface area contributed by atoms with Crippen LogP contribution in [0.5, 0.6) is 0 Å². The van der Waals surface area contributed by atoms with Gasteiger partial charge in [-0.3, -0.25) is 9.59 Å². The van der Waals surface area contributed by atoms with Crippen LogP contribution in [0.2, 0.25) is 0 Å². The van der Waals surface area contributed by atoms with Crippen molar-refractivity contribution in [1.82, 2.24) is 15.1 Å². The Morgan fingerprint density at radius 3 is 2.69 bits per heavy atom. The number of ether oxygens (including phenoxy) is 1. The monoisotopic (exact) mass is 363 g/mol. The van der Waals surface area contributed by atoms with Gasteiger partial charge in [0.2, 0.25) is 5.91 Å². The molecule has 0 bridgehead atoms. The van der Waals surface area contributed by atoms with Crippen molar-refractivity contribution < 1.29 is 23.5 Å². The fraction of sp³-hybridized carbons (Fsp3) is 0.611. The van der Waals surface area contributed by atoms with Crippen molar-refractivity contribution >= 4 is 17.9 Å². The van der Waals surface area contributed by atoms with E-state index in [1.165, 1.54) is 6.26 Å². The van der Waals surface area contributed by atoms with Crippen LogP contribution in [-0.4, -0.2) is 66.5 Å². The number of hydrogen-bond acceptors (Lipinski definition) is 5. The summed E-state index contributed by atoms with van der Waals surface area (Å²) >= 11 is 0. The predicted octanol–water partition coefficient (Wildman–Crippen LogP) is 1.48. The van der Waals surface area contributed by atoms with Gasteiger partial charge in [0.1, 0.15) is 0 Å². The third kappa shape index (κ3) is 4.17. The van der Waals surface area contributed by atoms with E-state index in [4.69, 9.17) is 9.15 Å². The summed E-state index contributed by atoms with van der Waals surface area (Å²) in [6.45, 7) is 6.32. The molecule has 142 valence electrons. The highest BCUT2D eigenvalue weighted by atomic mass is 16.6. The Kier molecular flexibility index (Phi) is 5.20. The van der Waals surface area contributed by atoms with Crippen molar-refractivity contribution in [2.45, 2.75) is 32.7 Å². The van der Waals surface area contributed by atoms with E-state index in [1.807, 2.05) is 0 Å². The van der Waals surface area contributed by atoms with Gasteiger partial charge in [0, 0.05) is 31.1 Å². The summed E-state index contributed by atoms with van der Waals surface area (Å²) in [6.07, 6.45) is 2.57. The second-order valence-corrected chi connectivity index (χ2v) is 7.62. The van der Waals surface area contributed by atoms with Gasteiger partial charge in [-0.2, -0.15) is 0 Å². The van der Waals surface area contributed by atoms with Gasteiger partial charge < -0.3 is 24.3 Å². The van der Waals surface area contributed by atoms with Gasteiger partial charge in [-0.05, 0) is 25.0 Å². The van der Waals surface area contributed by atoms with Gasteiger partial charge in [-0.15, -0.1) is 0 Å². The first-order chi connectivity index (χ1) is 12.4. The number of nitrogens with one attached hydrogen (secondary N) is 1. The molecule has 0 spiro atoms. The van der Waals surface area contributed by atoms with Crippen molar-refractivity contribution in [2.24, 2.45) is 5.41 Å². The molecule has 2 aliphatic rings. The van der Waals surface area contributed by atoms with E-state index in [0.717, 1.165) is 0 Å². The second-order valence-electron chi connectivity index (χ2n) is 7.62. The molecule has 1 N–H and O–H groups in total. The van der Waals surface area contributed by atoms with E-state index in [1.54, 1.807) is 21.9 Å². The second kappa shape index (κ2) is 7.39. The van der Waals surface area contributed by atoms with Gasteiger partial charge in [0.05, 0.1) is 19.4 Å². The van der Waals surface area contributed by atoms with Crippen LogP contribution in [-0.2, 0) is 9.53 Å². The Bertz CT molecular complexity index is 662. The molecule has 3 heterocycles. The summed E-state index contributed by atoms with van der Waals surface area (Å²) in [5.74, 6) is -0.357. The Morgan fingerprint density at radius 2 is 2.04 bits per heavy atom. The van der Waals surface area contributed by atoms with Gasteiger partial charge in [-0.25, -0.2) is 4.79 Å². The number of cyclic esters (lactones) is 1. The molecular weight excluding hydrogens is 338 g/mol. The van der Waals surface area contributed by atoms with Crippen LogP contribution < -0.4 is 5.32 Å². The quantitative estimate of drug-likeness (QED) is 0.875. The number of rotatable bonds is 4. The summed E-state index contributed by atoms with van der Waals surface area (Å²) in [7, 11) is 0. The maximum atomic E-state index is 12.3. The molecule has 26 heavy (non-hydrogen) atoms. The predicted molar refractivity (Wildman–Crippen MR) is 92.5 cm³/mol. The van der Waals surface area contributed by atoms with Crippen LogP contribution in [0.25, 0.3) is 0 Å². The molecule has 0 unspecified atom stereocenters. The average molecular weight is 363 g/mol. The molecule has 3 rings (SSSR count). The molecular formula is C18H25N3O5. The zero-order valence-corrected chi connectivity index (χ0v) is 15.2. The minimum Gasteiger partial charge on any atom is -0.459 e. The number of piperidine rings is 1. The van der Waals surface area contributed by atoms with Crippen LogP contribution in [0, 0.1) is 5.41 Å². The van der Waals surface area contributed by atoms with E-state index < -0.39 is 5.91 Å². The van der Waals surface area contributed by atoms with Crippen molar-refractivity contribution in [2.75, 3.05) is 32.8 Å². The number of nitrogens with zero attached hydrogens (tertiary/aromatic N) is 2. The molecule has 8 heteroatoms. The lowest BCUT2D eigenvalue weighted by atomic mass is 9.91. The fourth-order valence-corrected chi connectivity index (χ4v) is 3.38. The molecule has 0 radical (unpaired) electrons. The number of furan rings is 1. The molecule has 2 aliphatic heterocycles. The molecule has 0 saturated carbocycles. The zero-order chi connectivity index (χ0) is 18.7. The maximum Gasteiger partial charge on any atom is 0.410 e. The number of carbonyl (C=O) groups excluding carboxylic acids is 3. The third-order valence-electron chi connectivity index (χ3n) is 4.82. The van der Waals surface area contributed by atoms with Crippen molar-refractivity contribution in [3.05, 3.63) is 24.2 Å². The highest BCUT2D eigenvalue weighted by Gasteiger charge is 2.38. The first-order valence-electron chi connectivity index (χ1n) is 8.89. The number of hydrogen-bond donors (Lipinski definition) is 1. The standard InChI is InChI=1S/C18H25N3O5/c1-18(2)11-21(17(24)26-12-18)13-5-7-20(8-6-13)15(22)10-19-16(23)14-4-3-9-25-14/h3-4,9,13H,5-8,10-12H2,1-2H3,(H,19,23). The van der Waals surface area contributed by atoms with E-state index in [9.17, 15) is 14.4 Å². The van der Waals surface area contributed by atoms with E-state index in [-0.39, 0.29) is 35.8 Å². The number of amides is 3. The average Bonchev–Trinajstić information content (AvgIpc) is 3.16. The van der Waals surface area contributed by atoms with Crippen molar-refractivity contribution in [3.8, 4) is 0 Å². The van der Waals surface area contributed by atoms with Crippen molar-refractivity contribution in [3.63, 3.8) is 0 Å². The van der Waals surface area contributed by atoms with E-state index in [2.05, 4.69) is 19.2 Å². The van der Waals surface area contributed by atoms with Crippen molar-refractivity contribution in [1.29, 1.82) is 0 Å². The summed E-state index contributed by atoms with van der Waals surface area (Å²) < 4.78 is 10.3. The summed E-state index contributed by atoms with van der Waals surface area (Å²) in [6, 6.07) is 3.25. The van der Waals surface area contributed by atoms with Crippen LogP contribution in [0.3, 0.4) is 0 Å². The molecule has 2 fully saturated rings. The molecule has 0 aromatic carbocycles. The minimum atomic E-state index is -0.406. The molecule has 1 aromatic rings. The summed E-state index contributed by atoms with van der Waals surface area (Å²) in [5.41, 5.74) is -0.0585. The molecule has 0 aliphatic carbocycles. The van der Waals surface area contributed by atoms with Gasteiger partial charge in [0.25, 0.3) is 5.91 Å². The minimum absolute atomic E-state index is 0.0585. The number of carbonyl (C=O) groups is 3. The highest BCUT2D eigenvalue weighted by Crippen LogP contribution is 2.28. The van der Waals surface area contributed by atoms with Gasteiger partial charge >= 0.3 is 6.09 Å². The summed E-state index contributed by atoms with van der Waals surface area (Å²) in [4.78, 5) is 39.7. The Morgan fingerprint density at radius 1 is 1.31 bits per heavy atom. The Labute approximate surface area is 152 Å². The number of likely N-dealkylation sites (tertiary alicyclic amines) is 1. The highest BCUT2D eigenvalue weighted by molar-refractivity contribution is 5.94. The fourth-order valence-electron chi connectivity index (χ4n) is 3.38. The maximum absolute atomic E-state index is 12.3. The normalized spacial score (nSPS) is 20.6.